The van der Waals surface area contributed by atoms with E-state index in [1.807, 2.05) is 12.4 Å². The van der Waals surface area contributed by atoms with Crippen molar-refractivity contribution in [3.8, 4) is 0 Å². The van der Waals surface area contributed by atoms with Crippen LogP contribution in [0, 0.1) is 12.8 Å². The molecular weight excluding hydrogens is 208 g/mol. The number of nitrogens with one attached hydrogen (secondary N) is 1. The van der Waals surface area contributed by atoms with Gasteiger partial charge in [0.2, 0.25) is 0 Å². The smallest absolute Gasteiger partial charge is 0.0352 e. The summed E-state index contributed by atoms with van der Waals surface area (Å²) in [5, 5.41) is 3.68. The molecule has 0 amide bonds. The average Bonchev–Trinajstić information content (AvgIpc) is 2.38. The monoisotopic (exact) mass is 232 g/mol. The lowest BCUT2D eigenvalue weighted by Gasteiger charge is -2.32. The molecule has 17 heavy (non-hydrogen) atoms. The minimum Gasteiger partial charge on any atom is -0.310 e. The van der Waals surface area contributed by atoms with Crippen molar-refractivity contribution in [3.63, 3.8) is 0 Å². The summed E-state index contributed by atoms with van der Waals surface area (Å²) < 4.78 is 0. The van der Waals surface area contributed by atoms with Crippen LogP contribution < -0.4 is 5.32 Å². The van der Waals surface area contributed by atoms with Crippen molar-refractivity contribution in [2.75, 3.05) is 6.54 Å². The topological polar surface area (TPSA) is 24.9 Å². The molecule has 1 fully saturated rings. The SMILES string of the molecule is CCNC(c1ccncc1C)C1CCCCC1. The van der Waals surface area contributed by atoms with E-state index in [-0.39, 0.29) is 0 Å². The normalized spacial score (nSPS) is 19.2. The second kappa shape index (κ2) is 6.15. The molecule has 0 radical (unpaired) electrons. The van der Waals surface area contributed by atoms with E-state index in [0.29, 0.717) is 6.04 Å². The summed E-state index contributed by atoms with van der Waals surface area (Å²) in [5.74, 6) is 0.810. The van der Waals surface area contributed by atoms with Crippen molar-refractivity contribution in [3.05, 3.63) is 29.6 Å². The van der Waals surface area contributed by atoms with Gasteiger partial charge in [-0.2, -0.15) is 0 Å². The summed E-state index contributed by atoms with van der Waals surface area (Å²) in [7, 11) is 0. The summed E-state index contributed by atoms with van der Waals surface area (Å²) in [5.41, 5.74) is 2.78. The number of rotatable bonds is 4. The Hall–Kier alpha value is -0.890. The molecule has 1 atom stereocenters. The zero-order valence-electron chi connectivity index (χ0n) is 11.1. The maximum atomic E-state index is 4.20. The molecule has 0 bridgehead atoms. The van der Waals surface area contributed by atoms with Gasteiger partial charge in [-0.3, -0.25) is 4.98 Å². The van der Waals surface area contributed by atoms with Crippen LogP contribution in [0.5, 0.6) is 0 Å². The minimum atomic E-state index is 0.531. The summed E-state index contributed by atoms with van der Waals surface area (Å²) in [6.45, 7) is 5.42. The molecule has 1 aromatic rings. The highest BCUT2D eigenvalue weighted by molar-refractivity contribution is 5.26. The Morgan fingerprint density at radius 1 is 1.35 bits per heavy atom. The average molecular weight is 232 g/mol. The molecule has 1 aliphatic rings. The van der Waals surface area contributed by atoms with E-state index in [0.717, 1.165) is 12.5 Å². The van der Waals surface area contributed by atoms with E-state index >= 15 is 0 Å². The molecule has 1 unspecified atom stereocenters. The molecule has 2 rings (SSSR count). The van der Waals surface area contributed by atoms with Gasteiger partial charge in [0, 0.05) is 18.4 Å². The summed E-state index contributed by atoms with van der Waals surface area (Å²) in [6, 6.07) is 2.72. The first kappa shape index (κ1) is 12.6. The third-order valence-electron chi connectivity index (χ3n) is 3.94. The van der Waals surface area contributed by atoms with E-state index in [4.69, 9.17) is 0 Å². The van der Waals surface area contributed by atoms with Gasteiger partial charge in [-0.1, -0.05) is 26.2 Å². The van der Waals surface area contributed by atoms with Gasteiger partial charge >= 0.3 is 0 Å². The van der Waals surface area contributed by atoms with E-state index < -0.39 is 0 Å². The van der Waals surface area contributed by atoms with Crippen LogP contribution in [-0.2, 0) is 0 Å². The number of nitrogens with zero attached hydrogens (tertiary/aromatic N) is 1. The fraction of sp³-hybridized carbons (Fsp3) is 0.667. The Balaban J connectivity index is 2.18. The predicted molar refractivity (Wildman–Crippen MR) is 72.0 cm³/mol. The van der Waals surface area contributed by atoms with Gasteiger partial charge in [0.25, 0.3) is 0 Å². The lowest BCUT2D eigenvalue weighted by Crippen LogP contribution is -2.30. The first-order chi connectivity index (χ1) is 8.33. The number of aromatic nitrogens is 1. The van der Waals surface area contributed by atoms with Gasteiger partial charge in [0.05, 0.1) is 0 Å². The summed E-state index contributed by atoms with van der Waals surface area (Å²) in [4.78, 5) is 4.20. The maximum absolute atomic E-state index is 4.20. The van der Waals surface area contributed by atoms with Gasteiger partial charge in [0.15, 0.2) is 0 Å². The molecule has 1 heterocycles. The van der Waals surface area contributed by atoms with Crippen molar-refractivity contribution in [1.29, 1.82) is 0 Å². The number of hydrogen-bond donors (Lipinski definition) is 1. The largest absolute Gasteiger partial charge is 0.310 e. The van der Waals surface area contributed by atoms with Crippen molar-refractivity contribution in [1.82, 2.24) is 10.3 Å². The third-order valence-corrected chi connectivity index (χ3v) is 3.94. The van der Waals surface area contributed by atoms with Crippen LogP contribution in [0.3, 0.4) is 0 Å². The summed E-state index contributed by atoms with van der Waals surface area (Å²) >= 11 is 0. The van der Waals surface area contributed by atoms with E-state index in [1.54, 1.807) is 0 Å². The Kier molecular flexibility index (Phi) is 4.55. The van der Waals surface area contributed by atoms with Gasteiger partial charge in [-0.05, 0) is 49.4 Å². The molecule has 0 aliphatic heterocycles. The predicted octanol–water partition coefficient (Wildman–Crippen LogP) is 3.62. The Bertz CT molecular complexity index is 343. The first-order valence-electron chi connectivity index (χ1n) is 6.96. The summed E-state index contributed by atoms with van der Waals surface area (Å²) in [6.07, 6.45) is 10.9. The minimum absolute atomic E-state index is 0.531. The van der Waals surface area contributed by atoms with E-state index in [2.05, 4.69) is 30.2 Å². The molecule has 2 nitrogen and oxygen atoms in total. The molecule has 94 valence electrons. The van der Waals surface area contributed by atoms with Crippen LogP contribution in [0.25, 0.3) is 0 Å². The zero-order chi connectivity index (χ0) is 12.1. The Morgan fingerprint density at radius 2 is 2.12 bits per heavy atom. The quantitative estimate of drug-likeness (QED) is 0.857. The number of pyridine rings is 1. The molecule has 1 saturated carbocycles. The molecular formula is C15H24N2. The van der Waals surface area contributed by atoms with Crippen molar-refractivity contribution < 1.29 is 0 Å². The van der Waals surface area contributed by atoms with Crippen molar-refractivity contribution >= 4 is 0 Å². The second-order valence-electron chi connectivity index (χ2n) is 5.17. The van der Waals surface area contributed by atoms with Gasteiger partial charge in [-0.15, -0.1) is 0 Å². The second-order valence-corrected chi connectivity index (χ2v) is 5.17. The van der Waals surface area contributed by atoms with E-state index in [9.17, 15) is 0 Å². The highest BCUT2D eigenvalue weighted by Gasteiger charge is 2.25. The van der Waals surface area contributed by atoms with Gasteiger partial charge in [0.1, 0.15) is 0 Å². The van der Waals surface area contributed by atoms with Crippen LogP contribution >= 0.6 is 0 Å². The number of hydrogen-bond acceptors (Lipinski definition) is 2. The standard InChI is InChI=1S/C15H24N2/c1-3-17-15(13-7-5-4-6-8-13)14-9-10-16-11-12(14)2/h9-11,13,15,17H,3-8H2,1-2H3. The van der Waals surface area contributed by atoms with Crippen LogP contribution in [-0.4, -0.2) is 11.5 Å². The molecule has 1 aliphatic carbocycles. The molecule has 1 aromatic heterocycles. The highest BCUT2D eigenvalue weighted by atomic mass is 14.9. The number of aryl methyl sites for hydroxylation is 1. The van der Waals surface area contributed by atoms with Crippen LogP contribution in [0.15, 0.2) is 18.5 Å². The zero-order valence-corrected chi connectivity index (χ0v) is 11.1. The van der Waals surface area contributed by atoms with Crippen molar-refractivity contribution in [2.45, 2.75) is 52.0 Å². The fourth-order valence-corrected chi connectivity index (χ4v) is 3.05. The molecule has 0 saturated heterocycles. The lowest BCUT2D eigenvalue weighted by atomic mass is 9.80. The molecule has 1 N–H and O–H groups in total. The molecule has 2 heteroatoms. The lowest BCUT2D eigenvalue weighted by molar-refractivity contribution is 0.274. The third kappa shape index (κ3) is 3.06. The van der Waals surface area contributed by atoms with Gasteiger partial charge in [-0.25, -0.2) is 0 Å². The van der Waals surface area contributed by atoms with Crippen molar-refractivity contribution in [2.24, 2.45) is 5.92 Å². The molecule has 0 spiro atoms. The Morgan fingerprint density at radius 3 is 2.76 bits per heavy atom. The van der Waals surface area contributed by atoms with Crippen LogP contribution in [0.4, 0.5) is 0 Å². The fourth-order valence-electron chi connectivity index (χ4n) is 3.05. The molecule has 0 aromatic carbocycles. The first-order valence-corrected chi connectivity index (χ1v) is 6.96. The van der Waals surface area contributed by atoms with Crippen LogP contribution in [0.1, 0.15) is 56.2 Å². The van der Waals surface area contributed by atoms with Crippen LogP contribution in [0.2, 0.25) is 0 Å². The van der Waals surface area contributed by atoms with E-state index in [1.165, 1.54) is 43.2 Å². The maximum Gasteiger partial charge on any atom is 0.0352 e. The Labute approximate surface area is 105 Å². The highest BCUT2D eigenvalue weighted by Crippen LogP contribution is 2.35. The van der Waals surface area contributed by atoms with Gasteiger partial charge < -0.3 is 5.32 Å².